The van der Waals surface area contributed by atoms with E-state index in [4.69, 9.17) is 5.11 Å². The van der Waals surface area contributed by atoms with Crippen LogP contribution in [0.2, 0.25) is 0 Å². The van der Waals surface area contributed by atoms with Gasteiger partial charge in [-0.1, -0.05) is 0 Å². The largest absolute Gasteiger partial charge is 0.396 e. The molecule has 0 bridgehead atoms. The van der Waals surface area contributed by atoms with Gasteiger partial charge in [-0.15, -0.1) is 0 Å². The molecular weight excluding hydrogens is 204 g/mol. The fraction of sp³-hybridized carbons (Fsp3) is 0.900. The Morgan fingerprint density at radius 1 is 1.40 bits per heavy atom. The van der Waals surface area contributed by atoms with Crippen molar-refractivity contribution in [2.45, 2.75) is 25.2 Å². The van der Waals surface area contributed by atoms with Crippen LogP contribution in [0.1, 0.15) is 19.3 Å². The lowest BCUT2D eigenvalue weighted by Gasteiger charge is -2.31. The minimum absolute atomic E-state index is 0.127. The highest BCUT2D eigenvalue weighted by Crippen LogP contribution is 2.49. The Hall–Kier alpha value is -0.710. The zero-order valence-corrected chi connectivity index (χ0v) is 8.46. The smallest absolute Gasteiger partial charge is 0.260 e. The molecule has 1 aliphatic carbocycles. The highest BCUT2D eigenvalue weighted by molar-refractivity contribution is 5.83. The Labute approximate surface area is 87.1 Å². The zero-order chi connectivity index (χ0) is 11.1. The van der Waals surface area contributed by atoms with E-state index in [-0.39, 0.29) is 18.9 Å². The van der Waals surface area contributed by atoms with Crippen molar-refractivity contribution in [3.63, 3.8) is 0 Å². The van der Waals surface area contributed by atoms with E-state index >= 15 is 0 Å². The SMILES string of the molecule is O=C(C1CC1(F)F)N1CCC(CO)CC1. The molecule has 2 rings (SSSR count). The van der Waals surface area contributed by atoms with Crippen molar-refractivity contribution in [3.05, 3.63) is 0 Å². The van der Waals surface area contributed by atoms with Gasteiger partial charge < -0.3 is 10.0 Å². The molecule has 1 saturated carbocycles. The Balaban J connectivity index is 1.84. The van der Waals surface area contributed by atoms with Crippen molar-refractivity contribution in [2.24, 2.45) is 11.8 Å². The van der Waals surface area contributed by atoms with Crippen molar-refractivity contribution >= 4 is 5.91 Å². The quantitative estimate of drug-likeness (QED) is 0.748. The number of alkyl halides is 2. The van der Waals surface area contributed by atoms with Crippen LogP contribution in [0.15, 0.2) is 0 Å². The molecule has 5 heteroatoms. The van der Waals surface area contributed by atoms with Crippen LogP contribution < -0.4 is 0 Å². The Bertz CT molecular complexity index is 262. The van der Waals surface area contributed by atoms with E-state index < -0.39 is 17.7 Å². The third kappa shape index (κ3) is 2.12. The van der Waals surface area contributed by atoms with E-state index in [0.29, 0.717) is 13.1 Å². The molecule has 0 aromatic rings. The molecule has 0 aromatic carbocycles. The average Bonchev–Trinajstić information content (AvgIpc) is 2.87. The Morgan fingerprint density at radius 3 is 2.33 bits per heavy atom. The van der Waals surface area contributed by atoms with Crippen molar-refractivity contribution in [1.29, 1.82) is 0 Å². The molecule has 86 valence electrons. The number of carbonyl (C=O) groups excluding carboxylic acids is 1. The first-order valence-electron chi connectivity index (χ1n) is 5.32. The van der Waals surface area contributed by atoms with Gasteiger partial charge in [-0.05, 0) is 18.8 Å². The fourth-order valence-electron chi connectivity index (χ4n) is 2.04. The number of aliphatic hydroxyl groups excluding tert-OH is 1. The summed E-state index contributed by atoms with van der Waals surface area (Å²) in [6, 6.07) is 0. The zero-order valence-electron chi connectivity index (χ0n) is 8.46. The first-order valence-corrected chi connectivity index (χ1v) is 5.32. The second kappa shape index (κ2) is 3.70. The molecule has 3 nitrogen and oxygen atoms in total. The molecule has 1 unspecified atom stereocenters. The lowest BCUT2D eigenvalue weighted by Crippen LogP contribution is -2.40. The highest BCUT2D eigenvalue weighted by Gasteiger charge is 2.62. The summed E-state index contributed by atoms with van der Waals surface area (Å²) >= 11 is 0. The number of aliphatic hydroxyl groups is 1. The van der Waals surface area contributed by atoms with Crippen LogP contribution >= 0.6 is 0 Å². The Kier molecular flexibility index (Phi) is 2.66. The number of carbonyl (C=O) groups is 1. The fourth-order valence-corrected chi connectivity index (χ4v) is 2.04. The molecule has 0 spiro atoms. The molecule has 1 aliphatic heterocycles. The molecule has 1 atom stereocenters. The van der Waals surface area contributed by atoms with Gasteiger partial charge in [-0.25, -0.2) is 8.78 Å². The van der Waals surface area contributed by atoms with Crippen LogP contribution in [0, 0.1) is 11.8 Å². The summed E-state index contributed by atoms with van der Waals surface area (Å²) in [4.78, 5) is 13.1. The molecule has 2 aliphatic rings. The van der Waals surface area contributed by atoms with Gasteiger partial charge in [0.1, 0.15) is 5.92 Å². The molecule has 0 aromatic heterocycles. The first kappa shape index (κ1) is 10.8. The number of hydrogen-bond acceptors (Lipinski definition) is 2. The second-order valence-corrected chi connectivity index (χ2v) is 4.47. The van der Waals surface area contributed by atoms with E-state index in [1.54, 1.807) is 0 Å². The van der Waals surface area contributed by atoms with Crippen molar-refractivity contribution in [3.8, 4) is 0 Å². The molecule has 1 saturated heterocycles. The van der Waals surface area contributed by atoms with Crippen LogP contribution in [0.3, 0.4) is 0 Å². The van der Waals surface area contributed by atoms with Crippen molar-refractivity contribution in [1.82, 2.24) is 4.90 Å². The molecule has 0 radical (unpaired) electrons. The van der Waals surface area contributed by atoms with Gasteiger partial charge in [0.05, 0.1) is 0 Å². The maximum Gasteiger partial charge on any atom is 0.260 e. The number of rotatable bonds is 2. The summed E-state index contributed by atoms with van der Waals surface area (Å²) < 4.78 is 25.3. The van der Waals surface area contributed by atoms with Gasteiger partial charge in [0.2, 0.25) is 5.91 Å². The number of nitrogens with zero attached hydrogens (tertiary/aromatic N) is 1. The van der Waals surface area contributed by atoms with Crippen LogP contribution in [0.25, 0.3) is 0 Å². The number of hydrogen-bond donors (Lipinski definition) is 1. The lowest BCUT2D eigenvalue weighted by atomic mass is 9.97. The highest BCUT2D eigenvalue weighted by atomic mass is 19.3. The molecule has 2 fully saturated rings. The third-order valence-corrected chi connectivity index (χ3v) is 3.31. The predicted octanol–water partition coefficient (Wildman–Crippen LogP) is 0.873. The van der Waals surface area contributed by atoms with E-state index in [9.17, 15) is 13.6 Å². The summed E-state index contributed by atoms with van der Waals surface area (Å²) in [6.45, 7) is 1.15. The van der Waals surface area contributed by atoms with Crippen LogP contribution in [0.4, 0.5) is 8.78 Å². The number of likely N-dealkylation sites (tertiary alicyclic amines) is 1. The van der Waals surface area contributed by atoms with Crippen molar-refractivity contribution in [2.75, 3.05) is 19.7 Å². The normalized spacial score (nSPS) is 30.3. The maximum atomic E-state index is 12.7. The van der Waals surface area contributed by atoms with Gasteiger partial charge in [-0.2, -0.15) is 0 Å². The van der Waals surface area contributed by atoms with Gasteiger partial charge in [0.25, 0.3) is 5.92 Å². The number of amides is 1. The van der Waals surface area contributed by atoms with E-state index in [1.165, 1.54) is 4.90 Å². The van der Waals surface area contributed by atoms with E-state index in [1.807, 2.05) is 0 Å². The summed E-state index contributed by atoms with van der Waals surface area (Å²) in [5.41, 5.74) is 0. The molecule has 1 amide bonds. The predicted molar refractivity (Wildman–Crippen MR) is 49.4 cm³/mol. The molecular formula is C10H15F2NO2. The monoisotopic (exact) mass is 219 g/mol. The molecule has 1 N–H and O–H groups in total. The van der Waals surface area contributed by atoms with Gasteiger partial charge in [0.15, 0.2) is 0 Å². The minimum atomic E-state index is -2.76. The Morgan fingerprint density at radius 2 is 1.93 bits per heavy atom. The number of piperidine rings is 1. The van der Waals surface area contributed by atoms with Crippen LogP contribution in [-0.4, -0.2) is 41.5 Å². The van der Waals surface area contributed by atoms with E-state index in [0.717, 1.165) is 12.8 Å². The standard InChI is InChI=1S/C10H15F2NO2/c11-10(12)5-8(10)9(15)13-3-1-7(6-14)2-4-13/h7-8,14H,1-6H2. The van der Waals surface area contributed by atoms with E-state index in [2.05, 4.69) is 0 Å². The van der Waals surface area contributed by atoms with Gasteiger partial charge >= 0.3 is 0 Å². The van der Waals surface area contributed by atoms with Gasteiger partial charge in [0, 0.05) is 26.1 Å². The topological polar surface area (TPSA) is 40.5 Å². The minimum Gasteiger partial charge on any atom is -0.396 e. The van der Waals surface area contributed by atoms with Gasteiger partial charge in [-0.3, -0.25) is 4.79 Å². The third-order valence-electron chi connectivity index (χ3n) is 3.31. The first-order chi connectivity index (χ1) is 7.04. The summed E-state index contributed by atoms with van der Waals surface area (Å²) in [7, 11) is 0. The molecule has 1 heterocycles. The van der Waals surface area contributed by atoms with Crippen LogP contribution in [-0.2, 0) is 4.79 Å². The molecule has 15 heavy (non-hydrogen) atoms. The maximum absolute atomic E-state index is 12.7. The second-order valence-electron chi connectivity index (χ2n) is 4.47. The number of halogens is 2. The lowest BCUT2D eigenvalue weighted by molar-refractivity contribution is -0.136. The summed E-state index contributed by atoms with van der Waals surface area (Å²) in [5, 5.41) is 8.90. The van der Waals surface area contributed by atoms with Crippen molar-refractivity contribution < 1.29 is 18.7 Å². The summed E-state index contributed by atoms with van der Waals surface area (Å²) in [6.07, 6.45) is 1.16. The summed E-state index contributed by atoms with van der Waals surface area (Å²) in [5.74, 6) is -4.00. The van der Waals surface area contributed by atoms with Crippen LogP contribution in [0.5, 0.6) is 0 Å². The average molecular weight is 219 g/mol.